The Balaban J connectivity index is 2.31. The maximum absolute atomic E-state index is 9.21. The topological polar surface area (TPSA) is 20.2 Å². The molecule has 0 spiro atoms. The summed E-state index contributed by atoms with van der Waals surface area (Å²) in [6.07, 6.45) is 0. The molecule has 0 atom stereocenters. The number of aliphatic hydroxyl groups excluding tert-OH is 1. The molecule has 0 saturated heterocycles. The van der Waals surface area contributed by atoms with E-state index >= 15 is 0 Å². The standard InChI is InChI=1S/C14H16GeO/c16-12-11-15(13-7-3-1-4-8-13)14-9-5-2-6-10-14/h1-10,15-16H,11-12H2. The van der Waals surface area contributed by atoms with Crippen molar-refractivity contribution in [3.8, 4) is 0 Å². The van der Waals surface area contributed by atoms with Crippen LogP contribution < -0.4 is 8.79 Å². The molecule has 2 aromatic carbocycles. The zero-order valence-electron chi connectivity index (χ0n) is 9.21. The first-order valence-electron chi connectivity index (χ1n) is 5.62. The summed E-state index contributed by atoms with van der Waals surface area (Å²) in [7, 11) is 0. The van der Waals surface area contributed by atoms with Crippen molar-refractivity contribution in [3.63, 3.8) is 0 Å². The van der Waals surface area contributed by atoms with Crippen LogP contribution in [0.15, 0.2) is 60.7 Å². The van der Waals surface area contributed by atoms with Gasteiger partial charge >= 0.3 is 101 Å². The van der Waals surface area contributed by atoms with Crippen molar-refractivity contribution < 1.29 is 5.11 Å². The fourth-order valence-electron chi connectivity index (χ4n) is 2.03. The fraction of sp³-hybridized carbons (Fsp3) is 0.143. The Morgan fingerprint density at radius 3 is 1.56 bits per heavy atom. The maximum atomic E-state index is 9.21. The van der Waals surface area contributed by atoms with E-state index in [0.29, 0.717) is 6.61 Å². The summed E-state index contributed by atoms with van der Waals surface area (Å²) >= 11 is -1.73. The second kappa shape index (κ2) is 5.87. The fourth-order valence-corrected chi connectivity index (χ4v) is 7.66. The van der Waals surface area contributed by atoms with Crippen LogP contribution in [0.1, 0.15) is 0 Å². The summed E-state index contributed by atoms with van der Waals surface area (Å²) in [5.41, 5.74) is 0. The number of hydrogen-bond donors (Lipinski definition) is 1. The average molecular weight is 273 g/mol. The van der Waals surface area contributed by atoms with E-state index in [0.717, 1.165) is 5.25 Å². The normalized spacial score (nSPS) is 10.6. The molecule has 0 aliphatic rings. The number of benzene rings is 2. The molecule has 0 unspecified atom stereocenters. The van der Waals surface area contributed by atoms with E-state index < -0.39 is 14.3 Å². The predicted octanol–water partition coefficient (Wildman–Crippen LogP) is 1.02. The van der Waals surface area contributed by atoms with Gasteiger partial charge in [0.2, 0.25) is 0 Å². The SMILES string of the molecule is OC[CH2][GeH]([c]1ccccc1)[c]1ccccc1. The number of aliphatic hydroxyl groups is 1. The van der Waals surface area contributed by atoms with Crippen LogP contribution in [0, 0.1) is 0 Å². The first-order valence-corrected chi connectivity index (χ1v) is 9.76. The van der Waals surface area contributed by atoms with E-state index in [1.54, 1.807) is 0 Å². The summed E-state index contributed by atoms with van der Waals surface area (Å²) in [5, 5.41) is 10.2. The molecular formula is C14H16GeO. The van der Waals surface area contributed by atoms with Gasteiger partial charge in [0.15, 0.2) is 0 Å². The van der Waals surface area contributed by atoms with Gasteiger partial charge in [-0.2, -0.15) is 0 Å². The molecular weight excluding hydrogens is 257 g/mol. The summed E-state index contributed by atoms with van der Waals surface area (Å²) in [6.45, 7) is 0.300. The molecule has 2 heteroatoms. The molecule has 0 aliphatic carbocycles. The van der Waals surface area contributed by atoms with E-state index in [2.05, 4.69) is 48.5 Å². The van der Waals surface area contributed by atoms with Gasteiger partial charge in [-0.1, -0.05) is 0 Å². The van der Waals surface area contributed by atoms with Crippen LogP contribution in [0.3, 0.4) is 0 Å². The van der Waals surface area contributed by atoms with Gasteiger partial charge in [0.05, 0.1) is 0 Å². The molecule has 0 radical (unpaired) electrons. The van der Waals surface area contributed by atoms with Gasteiger partial charge in [0.1, 0.15) is 0 Å². The van der Waals surface area contributed by atoms with Gasteiger partial charge < -0.3 is 0 Å². The Morgan fingerprint density at radius 1 is 0.750 bits per heavy atom. The molecule has 0 aliphatic heterocycles. The quantitative estimate of drug-likeness (QED) is 0.824. The summed E-state index contributed by atoms with van der Waals surface area (Å²) in [4.78, 5) is 0. The molecule has 0 bridgehead atoms. The van der Waals surface area contributed by atoms with Crippen molar-refractivity contribution in [2.24, 2.45) is 0 Å². The van der Waals surface area contributed by atoms with Crippen molar-refractivity contribution in [3.05, 3.63) is 60.7 Å². The van der Waals surface area contributed by atoms with Crippen LogP contribution in [0.2, 0.25) is 5.25 Å². The van der Waals surface area contributed by atoms with Gasteiger partial charge in [-0.15, -0.1) is 0 Å². The van der Waals surface area contributed by atoms with Gasteiger partial charge in [0.25, 0.3) is 0 Å². The van der Waals surface area contributed by atoms with Crippen LogP contribution in [0.5, 0.6) is 0 Å². The molecule has 1 N–H and O–H groups in total. The Kier molecular flexibility index (Phi) is 4.19. The van der Waals surface area contributed by atoms with Crippen molar-refractivity contribution >= 4 is 23.1 Å². The average Bonchev–Trinajstić information content (AvgIpc) is 2.38. The Bertz CT molecular complexity index is 374. The Hall–Kier alpha value is -1.06. The molecule has 0 saturated carbocycles. The minimum atomic E-state index is -1.73. The summed E-state index contributed by atoms with van der Waals surface area (Å²) in [5.74, 6) is 0. The monoisotopic (exact) mass is 274 g/mol. The Labute approximate surface area is 101 Å². The van der Waals surface area contributed by atoms with Crippen molar-refractivity contribution in [1.82, 2.24) is 0 Å². The molecule has 0 amide bonds. The molecule has 0 aromatic heterocycles. The molecule has 2 aromatic rings. The summed E-state index contributed by atoms with van der Waals surface area (Å²) in [6, 6.07) is 21.3. The third-order valence-corrected chi connectivity index (χ3v) is 9.57. The second-order valence-corrected chi connectivity index (χ2v) is 10.2. The van der Waals surface area contributed by atoms with E-state index in [1.807, 2.05) is 12.1 Å². The molecule has 16 heavy (non-hydrogen) atoms. The minimum absolute atomic E-state index is 0.300. The van der Waals surface area contributed by atoms with E-state index in [4.69, 9.17) is 0 Å². The van der Waals surface area contributed by atoms with E-state index in [9.17, 15) is 5.11 Å². The van der Waals surface area contributed by atoms with E-state index in [1.165, 1.54) is 8.79 Å². The third kappa shape index (κ3) is 2.74. The van der Waals surface area contributed by atoms with E-state index in [-0.39, 0.29) is 0 Å². The number of rotatable bonds is 4. The van der Waals surface area contributed by atoms with Crippen molar-refractivity contribution in [1.29, 1.82) is 0 Å². The van der Waals surface area contributed by atoms with Crippen LogP contribution in [-0.4, -0.2) is 26.1 Å². The summed E-state index contributed by atoms with van der Waals surface area (Å²) < 4.78 is 2.91. The molecule has 82 valence electrons. The van der Waals surface area contributed by atoms with Gasteiger partial charge in [-0.25, -0.2) is 0 Å². The second-order valence-electron chi connectivity index (χ2n) is 3.89. The van der Waals surface area contributed by atoms with Gasteiger partial charge in [0, 0.05) is 0 Å². The van der Waals surface area contributed by atoms with Gasteiger partial charge in [-0.3, -0.25) is 0 Å². The molecule has 2 rings (SSSR count). The number of hydrogen-bond acceptors (Lipinski definition) is 1. The van der Waals surface area contributed by atoms with Crippen molar-refractivity contribution in [2.45, 2.75) is 5.25 Å². The predicted molar refractivity (Wildman–Crippen MR) is 71.2 cm³/mol. The first-order chi connectivity index (χ1) is 7.92. The first kappa shape index (κ1) is 11.4. The van der Waals surface area contributed by atoms with Crippen LogP contribution in [0.4, 0.5) is 0 Å². The van der Waals surface area contributed by atoms with Crippen LogP contribution in [0.25, 0.3) is 0 Å². The third-order valence-electron chi connectivity index (χ3n) is 2.82. The zero-order valence-corrected chi connectivity index (χ0v) is 11.6. The van der Waals surface area contributed by atoms with Crippen molar-refractivity contribution in [2.75, 3.05) is 6.61 Å². The zero-order chi connectivity index (χ0) is 11.2. The van der Waals surface area contributed by atoms with Crippen LogP contribution in [-0.2, 0) is 0 Å². The van der Waals surface area contributed by atoms with Gasteiger partial charge in [-0.05, 0) is 0 Å². The molecule has 1 nitrogen and oxygen atoms in total. The van der Waals surface area contributed by atoms with Crippen LogP contribution >= 0.6 is 0 Å². The Morgan fingerprint density at radius 2 is 1.19 bits per heavy atom. The molecule has 0 heterocycles. The molecule has 0 fully saturated rings.